The lowest BCUT2D eigenvalue weighted by atomic mass is 9.62. The van der Waals surface area contributed by atoms with Crippen LogP contribution >= 0.6 is 0 Å². The Kier molecular flexibility index (Phi) is 4.62. The summed E-state index contributed by atoms with van der Waals surface area (Å²) >= 11 is 0. The molecule has 0 aliphatic carbocycles. The lowest BCUT2D eigenvalue weighted by molar-refractivity contribution is -0.120. The molecule has 32 heavy (non-hydrogen) atoms. The van der Waals surface area contributed by atoms with Gasteiger partial charge in [-0.15, -0.1) is 0 Å². The Morgan fingerprint density at radius 1 is 1.19 bits per heavy atom. The van der Waals surface area contributed by atoms with Gasteiger partial charge in [-0.25, -0.2) is 9.97 Å². The van der Waals surface area contributed by atoms with Crippen LogP contribution < -0.4 is 15.5 Å². The number of carbonyl (C=O) groups is 1. The molecule has 164 valence electrons. The maximum absolute atomic E-state index is 13.5. The summed E-state index contributed by atoms with van der Waals surface area (Å²) in [6.45, 7) is 6.21. The number of rotatable bonds is 4. The highest BCUT2D eigenvalue weighted by Gasteiger charge is 2.53. The number of hydrogen-bond donors (Lipinski definition) is 2. The molecule has 8 nitrogen and oxygen atoms in total. The van der Waals surface area contributed by atoms with E-state index in [9.17, 15) is 4.79 Å². The molecule has 0 bridgehead atoms. The molecule has 0 saturated carbocycles. The zero-order valence-corrected chi connectivity index (χ0v) is 18.8. The van der Waals surface area contributed by atoms with Crippen molar-refractivity contribution < 1.29 is 4.79 Å². The van der Waals surface area contributed by atoms with Gasteiger partial charge in [0.25, 0.3) is 5.91 Å². The predicted octanol–water partition coefficient (Wildman–Crippen LogP) is 3.72. The smallest absolute Gasteiger partial charge is 0.250 e. The molecule has 1 aromatic heterocycles. The van der Waals surface area contributed by atoms with Gasteiger partial charge in [0.1, 0.15) is 0 Å². The molecule has 0 radical (unpaired) electrons. The highest BCUT2D eigenvalue weighted by molar-refractivity contribution is 6.00. The average molecular weight is 430 g/mol. The largest absolute Gasteiger partial charge is 0.362 e. The molecule has 3 aliphatic heterocycles. The van der Waals surface area contributed by atoms with E-state index in [0.29, 0.717) is 18.8 Å². The molecule has 2 aromatic rings. The van der Waals surface area contributed by atoms with E-state index in [1.165, 1.54) is 0 Å². The summed E-state index contributed by atoms with van der Waals surface area (Å²) in [5.41, 5.74) is 3.76. The number of aromatic nitrogens is 2. The van der Waals surface area contributed by atoms with Crippen LogP contribution in [0.25, 0.3) is 0 Å². The maximum Gasteiger partial charge on any atom is 0.250 e. The van der Waals surface area contributed by atoms with Gasteiger partial charge in [-0.2, -0.15) is 10.2 Å². The van der Waals surface area contributed by atoms with E-state index in [-0.39, 0.29) is 17.6 Å². The predicted molar refractivity (Wildman–Crippen MR) is 122 cm³/mol. The number of benzene rings is 1. The van der Waals surface area contributed by atoms with E-state index in [0.717, 1.165) is 28.1 Å². The van der Waals surface area contributed by atoms with E-state index in [1.807, 2.05) is 44.1 Å². The number of hydrogen-bond acceptors (Lipinski definition) is 7. The number of carbonyl (C=O) groups excluding carboxylic acids is 1. The van der Waals surface area contributed by atoms with Crippen LogP contribution in [-0.4, -0.2) is 34.6 Å². The van der Waals surface area contributed by atoms with Crippen molar-refractivity contribution in [3.8, 4) is 0 Å². The van der Waals surface area contributed by atoms with Crippen LogP contribution in [0.15, 0.2) is 76.0 Å². The Morgan fingerprint density at radius 3 is 2.72 bits per heavy atom. The first-order valence-electron chi connectivity index (χ1n) is 10.9. The molecule has 0 fully saturated rings. The fraction of sp³-hybridized carbons (Fsp3) is 0.375. The van der Waals surface area contributed by atoms with Gasteiger partial charge >= 0.3 is 0 Å². The molecule has 5 rings (SSSR count). The molecular formula is C24H27N7O. The van der Waals surface area contributed by atoms with Gasteiger partial charge in [0.2, 0.25) is 5.95 Å². The molecule has 0 saturated heterocycles. The first-order chi connectivity index (χ1) is 15.4. The minimum absolute atomic E-state index is 0.0398. The van der Waals surface area contributed by atoms with E-state index in [4.69, 9.17) is 0 Å². The summed E-state index contributed by atoms with van der Waals surface area (Å²) in [7, 11) is 1.94. The second-order valence-electron chi connectivity index (χ2n) is 9.15. The van der Waals surface area contributed by atoms with E-state index < -0.39 is 5.41 Å². The van der Waals surface area contributed by atoms with Crippen molar-refractivity contribution in [1.82, 2.24) is 20.6 Å². The van der Waals surface area contributed by atoms with Crippen LogP contribution in [-0.2, 0) is 10.2 Å². The fourth-order valence-electron chi connectivity index (χ4n) is 5.17. The molecule has 0 spiro atoms. The van der Waals surface area contributed by atoms with Gasteiger partial charge in [-0.3, -0.25) is 4.79 Å². The van der Waals surface area contributed by atoms with Crippen molar-refractivity contribution in [2.24, 2.45) is 10.2 Å². The number of amides is 1. The van der Waals surface area contributed by atoms with Crippen molar-refractivity contribution in [3.05, 3.63) is 71.3 Å². The van der Waals surface area contributed by atoms with Gasteiger partial charge in [0.05, 0.1) is 17.2 Å². The summed E-state index contributed by atoms with van der Waals surface area (Å²) in [6.07, 6.45) is 6.44. The summed E-state index contributed by atoms with van der Waals surface area (Å²) in [5.74, 6) is 0.572. The highest BCUT2D eigenvalue weighted by Crippen LogP contribution is 2.51. The second kappa shape index (κ2) is 7.25. The van der Waals surface area contributed by atoms with E-state index >= 15 is 0 Å². The Hall–Kier alpha value is -3.55. The van der Waals surface area contributed by atoms with Crippen molar-refractivity contribution >= 4 is 17.5 Å². The number of nitrogens with one attached hydrogen (secondary N) is 2. The topological polar surface area (TPSA) is 94.9 Å². The standard InChI is InChI=1S/C24H27N7O/c1-5-24(15-8-6-9-16(12-15)31(4)22-25-10-7-11-26-22)17-14-27-30-20(17)28-18-13-23(2,3)29-21(32)19(18)24/h6-12,14,20,28H,5,13H2,1-4H3,(H,29,32)/t20?,24-/m0/s1. The van der Waals surface area contributed by atoms with Gasteiger partial charge < -0.3 is 15.5 Å². The van der Waals surface area contributed by atoms with Crippen LogP contribution in [0.1, 0.15) is 39.2 Å². The first kappa shape index (κ1) is 20.4. The zero-order chi connectivity index (χ0) is 22.5. The van der Waals surface area contributed by atoms with Crippen LogP contribution in [0.2, 0.25) is 0 Å². The van der Waals surface area contributed by atoms with Crippen LogP contribution in [0.3, 0.4) is 0 Å². The Morgan fingerprint density at radius 2 is 1.97 bits per heavy atom. The lowest BCUT2D eigenvalue weighted by Gasteiger charge is -2.48. The molecule has 3 aliphatic rings. The minimum atomic E-state index is -0.621. The second-order valence-corrected chi connectivity index (χ2v) is 9.15. The van der Waals surface area contributed by atoms with Crippen molar-refractivity contribution in [2.75, 3.05) is 11.9 Å². The SMILES string of the molecule is CC[C@]1(c2cccc(N(C)c3ncccn3)c2)C2=CN=NC2NC2=C1C(=O)NC(C)(C)C2. The van der Waals surface area contributed by atoms with Gasteiger partial charge in [0.15, 0.2) is 6.17 Å². The number of azo groups is 1. The number of nitrogens with zero attached hydrogens (tertiary/aromatic N) is 5. The first-order valence-corrected chi connectivity index (χ1v) is 10.9. The molecule has 1 unspecified atom stereocenters. The van der Waals surface area contributed by atoms with Crippen LogP contribution in [0, 0.1) is 0 Å². The van der Waals surface area contributed by atoms with Crippen molar-refractivity contribution in [1.29, 1.82) is 0 Å². The molecule has 4 heterocycles. The molecule has 1 amide bonds. The van der Waals surface area contributed by atoms with E-state index in [1.54, 1.807) is 18.5 Å². The van der Waals surface area contributed by atoms with Crippen LogP contribution in [0.4, 0.5) is 11.6 Å². The molecular weight excluding hydrogens is 402 g/mol. The summed E-state index contributed by atoms with van der Waals surface area (Å²) < 4.78 is 0. The normalized spacial score (nSPS) is 25.4. The van der Waals surface area contributed by atoms with Gasteiger partial charge in [-0.1, -0.05) is 19.1 Å². The molecule has 2 N–H and O–H groups in total. The van der Waals surface area contributed by atoms with Crippen molar-refractivity contribution in [2.45, 2.75) is 50.7 Å². The minimum Gasteiger partial charge on any atom is -0.362 e. The third-order valence-corrected chi connectivity index (χ3v) is 6.61. The maximum atomic E-state index is 13.5. The quantitative estimate of drug-likeness (QED) is 0.772. The molecule has 8 heteroatoms. The van der Waals surface area contributed by atoms with Gasteiger partial charge in [0, 0.05) is 48.4 Å². The fourth-order valence-corrected chi connectivity index (χ4v) is 5.17. The Balaban J connectivity index is 1.68. The number of anilines is 2. The Labute approximate surface area is 187 Å². The molecule has 1 aromatic carbocycles. The summed E-state index contributed by atoms with van der Waals surface area (Å²) in [5, 5.41) is 15.3. The van der Waals surface area contributed by atoms with Gasteiger partial charge in [-0.05, 0) is 44.0 Å². The average Bonchev–Trinajstić information content (AvgIpc) is 3.25. The van der Waals surface area contributed by atoms with Crippen molar-refractivity contribution in [3.63, 3.8) is 0 Å². The highest BCUT2D eigenvalue weighted by atomic mass is 16.2. The number of fused-ring (bicyclic) bond motifs is 1. The summed E-state index contributed by atoms with van der Waals surface area (Å²) in [4.78, 5) is 24.2. The third kappa shape index (κ3) is 3.01. The monoisotopic (exact) mass is 429 g/mol. The molecule has 2 atom stereocenters. The van der Waals surface area contributed by atoms with Crippen LogP contribution in [0.5, 0.6) is 0 Å². The summed E-state index contributed by atoms with van der Waals surface area (Å²) in [6, 6.07) is 10.1. The zero-order valence-electron chi connectivity index (χ0n) is 18.8. The lowest BCUT2D eigenvalue weighted by Crippen LogP contribution is -2.58. The third-order valence-electron chi connectivity index (χ3n) is 6.61. The Bertz CT molecular complexity index is 1170. The van der Waals surface area contributed by atoms with E-state index in [2.05, 4.69) is 49.9 Å².